The number of carbonyl (C=O) groups excluding carboxylic acids is 11. The van der Waals surface area contributed by atoms with Crippen molar-refractivity contribution in [2.75, 3.05) is 32.7 Å². The molecule has 20 N–H and O–H groups in total. The molecule has 0 saturated carbocycles. The number of benzene rings is 5. The number of piperazine rings is 2. The van der Waals surface area contributed by atoms with Gasteiger partial charge in [0, 0.05) is 26.2 Å². The Balaban J connectivity index is 1.43. The van der Waals surface area contributed by atoms with E-state index in [-0.39, 0.29) is 109 Å². The van der Waals surface area contributed by atoms with E-state index in [1.807, 2.05) is 0 Å². The van der Waals surface area contributed by atoms with Crippen LogP contribution in [0.25, 0.3) is 0 Å². The van der Waals surface area contributed by atoms with Gasteiger partial charge < -0.3 is 99.7 Å². The first-order valence-electron chi connectivity index (χ1n) is 39.1. The third-order valence-corrected chi connectivity index (χ3v) is 19.1. The summed E-state index contributed by atoms with van der Waals surface area (Å²) in [6.07, 6.45) is -8.43. The summed E-state index contributed by atoms with van der Waals surface area (Å²) in [4.78, 5) is 175. The van der Waals surface area contributed by atoms with Crippen LogP contribution in [0.1, 0.15) is 127 Å². The van der Waals surface area contributed by atoms with E-state index in [1.54, 1.807) is 193 Å². The zero-order valence-electron chi connectivity index (χ0n) is 66.7. The van der Waals surface area contributed by atoms with Crippen LogP contribution in [0.4, 0.5) is 14.4 Å². The third kappa shape index (κ3) is 29.2. The average Bonchev–Trinajstić information content (AvgIpc) is 0.756. The number of alkyl carbamates (subject to hydrolysis) is 2. The van der Waals surface area contributed by atoms with Crippen LogP contribution in [0.15, 0.2) is 152 Å². The molecule has 2 heterocycles. The molecule has 5 aromatic carbocycles. The number of nitrogens with two attached hydrogens (primary N) is 4. The van der Waals surface area contributed by atoms with E-state index in [4.69, 9.17) is 53.4 Å². The Morgan fingerprint density at radius 3 is 1.28 bits per heavy atom. The van der Waals surface area contributed by atoms with Crippen molar-refractivity contribution in [2.45, 2.75) is 193 Å². The Labute approximate surface area is 676 Å². The maximum Gasteiger partial charge on any atom is 0.418 e. The molecule has 0 aliphatic carbocycles. The first kappa shape index (κ1) is 90.8. The summed E-state index contributed by atoms with van der Waals surface area (Å²) in [5.41, 5.74) is 26.9. The Bertz CT molecular complexity index is 4100. The monoisotopic (exact) mass is 1600 g/mol. The van der Waals surface area contributed by atoms with Crippen molar-refractivity contribution in [3.8, 4) is 0 Å². The molecule has 2 saturated heterocycles. The highest BCUT2D eigenvalue weighted by Crippen LogP contribution is 2.31. The number of guanidine groups is 3. The molecule has 116 heavy (non-hydrogen) atoms. The van der Waals surface area contributed by atoms with Crippen molar-refractivity contribution in [3.05, 3.63) is 179 Å². The van der Waals surface area contributed by atoms with Crippen molar-refractivity contribution >= 4 is 83.4 Å². The number of imide groups is 1. The second-order valence-electron chi connectivity index (χ2n) is 30.1. The Morgan fingerprint density at radius 2 is 0.871 bits per heavy atom. The van der Waals surface area contributed by atoms with Crippen molar-refractivity contribution < 1.29 is 67.0 Å². The first-order chi connectivity index (χ1) is 55.5. The molecule has 0 aromatic heterocycles. The van der Waals surface area contributed by atoms with Crippen LogP contribution in [0.5, 0.6) is 0 Å². The second-order valence-corrected chi connectivity index (χ2v) is 30.1. The maximum atomic E-state index is 17.5. The van der Waals surface area contributed by atoms with E-state index < -0.39 is 176 Å². The zero-order valence-corrected chi connectivity index (χ0v) is 66.7. The predicted octanol–water partition coefficient (Wildman–Crippen LogP) is 3.96. The van der Waals surface area contributed by atoms with Gasteiger partial charge in [-0.2, -0.15) is 0 Å². The van der Waals surface area contributed by atoms with Gasteiger partial charge in [0.15, 0.2) is 24.0 Å². The van der Waals surface area contributed by atoms with Crippen LogP contribution in [-0.4, -0.2) is 196 Å². The molecule has 2 unspecified atom stereocenters. The molecule has 2 fully saturated rings. The Morgan fingerprint density at radius 1 is 0.483 bits per heavy atom. The molecule has 2 aliphatic heterocycles. The Kier molecular flexibility index (Phi) is 36.1. The average molecular weight is 1600 g/mol. The Hall–Kier alpha value is -12.4. The molecule has 5 aromatic rings. The van der Waals surface area contributed by atoms with Crippen LogP contribution in [-0.2, 0) is 85.2 Å². The van der Waals surface area contributed by atoms with Crippen molar-refractivity contribution in [1.29, 1.82) is 16.2 Å². The lowest BCUT2D eigenvalue weighted by atomic mass is 9.94. The fraction of sp³-hybridized carbons (Fsp3) is 0.463. The van der Waals surface area contributed by atoms with Gasteiger partial charge in [-0.05, 0) is 116 Å². The van der Waals surface area contributed by atoms with E-state index in [0.29, 0.717) is 32.7 Å². The minimum absolute atomic E-state index is 0.0151. The van der Waals surface area contributed by atoms with Gasteiger partial charge in [-0.3, -0.25) is 54.6 Å². The lowest BCUT2D eigenvalue weighted by molar-refractivity contribution is -0.171. The van der Waals surface area contributed by atoms with Crippen molar-refractivity contribution in [3.63, 3.8) is 0 Å². The van der Waals surface area contributed by atoms with Gasteiger partial charge >= 0.3 is 18.3 Å². The fourth-order valence-corrected chi connectivity index (χ4v) is 13.7. The predicted molar refractivity (Wildman–Crippen MR) is 434 cm³/mol. The molecule has 34 heteroatoms. The fourth-order valence-electron chi connectivity index (χ4n) is 13.7. The van der Waals surface area contributed by atoms with Crippen LogP contribution in [0.2, 0.25) is 0 Å². The summed E-state index contributed by atoms with van der Waals surface area (Å²) < 4.78 is 17.3. The van der Waals surface area contributed by atoms with Gasteiger partial charge in [-0.1, -0.05) is 193 Å². The van der Waals surface area contributed by atoms with E-state index in [1.165, 1.54) is 0 Å². The van der Waals surface area contributed by atoms with Crippen LogP contribution in [0.3, 0.4) is 0 Å². The van der Waals surface area contributed by atoms with E-state index in [9.17, 15) is 14.4 Å². The number of hydrogen-bond acceptors (Lipinski definition) is 18. The number of hydrogen-bond donors (Lipinski definition) is 16. The van der Waals surface area contributed by atoms with Gasteiger partial charge in [-0.25, -0.2) is 19.3 Å². The number of rotatable bonds is 41. The van der Waals surface area contributed by atoms with Crippen LogP contribution >= 0.6 is 0 Å². The lowest BCUT2D eigenvalue weighted by Gasteiger charge is -2.50. The van der Waals surface area contributed by atoms with Crippen molar-refractivity contribution in [2.24, 2.45) is 40.7 Å². The third-order valence-electron chi connectivity index (χ3n) is 19.1. The zero-order chi connectivity index (χ0) is 84.4. The van der Waals surface area contributed by atoms with E-state index in [2.05, 4.69) is 47.9 Å². The van der Waals surface area contributed by atoms with Crippen LogP contribution in [0, 0.1) is 34.0 Å². The number of carbonyl (C=O) groups is 11. The molecule has 0 spiro atoms. The summed E-state index contributed by atoms with van der Waals surface area (Å²) in [5, 5.41) is 48.3. The normalized spacial score (nSPS) is 16.7. The number of ether oxygens (including phenoxy) is 3. The van der Waals surface area contributed by atoms with Gasteiger partial charge in [0.2, 0.25) is 35.4 Å². The summed E-state index contributed by atoms with van der Waals surface area (Å²) in [5.74, 6) is -10.5. The van der Waals surface area contributed by atoms with Gasteiger partial charge in [-0.15, -0.1) is 0 Å². The largest absolute Gasteiger partial charge is 0.445 e. The number of nitrogens with zero attached hydrogens (tertiary/aromatic N) is 4. The van der Waals surface area contributed by atoms with Gasteiger partial charge in [0.25, 0.3) is 11.8 Å². The quantitative estimate of drug-likeness (QED) is 0.0114. The molecule has 7 rings (SSSR count). The summed E-state index contributed by atoms with van der Waals surface area (Å²) in [6.45, 7) is 8.50. The highest BCUT2D eigenvalue weighted by atomic mass is 16.6. The molecular weight excluding hydrogens is 1490 g/mol. The van der Waals surface area contributed by atoms with Gasteiger partial charge in [0.1, 0.15) is 62.7 Å². The summed E-state index contributed by atoms with van der Waals surface area (Å²) in [6, 6.07) is 31.3. The number of nitrogens with one attached hydrogen (secondary N) is 12. The molecule has 2 aliphatic rings. The molecule has 0 bridgehead atoms. The smallest absolute Gasteiger partial charge is 0.418 e. The van der Waals surface area contributed by atoms with Crippen LogP contribution < -0.4 is 70.8 Å². The molecular formula is C82H114N20O14. The van der Waals surface area contributed by atoms with E-state index >= 15 is 38.4 Å². The molecule has 34 nitrogen and oxygen atoms in total. The highest BCUT2D eigenvalue weighted by Gasteiger charge is 2.55. The lowest BCUT2D eigenvalue weighted by Crippen LogP contribution is -2.75. The highest BCUT2D eigenvalue weighted by molar-refractivity contribution is 6.03. The summed E-state index contributed by atoms with van der Waals surface area (Å²) >= 11 is 0. The van der Waals surface area contributed by atoms with E-state index in [0.717, 1.165) is 14.7 Å². The SMILES string of the molecule is CC(C)C[C@H](NC(=O)[C@H](CCCNC(=N)N)NC(=O)OCc1ccccc1)C(=O)N1CC(=O)N[C@@H](Cc2ccccc2)C1N(C(=O)OCc1ccccc1)C(=O)[C@H](CC(C)C)N(C(=O)[C@@H](N)CCCNC(=N)N)C1C(=O)N[C@@H](Cc2ccccc2)CN1C(=O)[C@H](CC(C)C)NC(=O)[C@H](CCCNC(=N)N)NC(=O)OCc1ccccc1. The topological polar surface area (TPSA) is 512 Å². The number of amides is 11. The molecule has 626 valence electrons. The standard InChI is InChI=1S/C82H114N20O14/c1-51(2)41-64(95-68(104)61(36-23-39-91-78(86)87)97-80(111)114-48-56-29-16-9-17-30-56)74(108)99-46-59(44-54-25-12-7-13-26-54)93-70(106)72(99)101(73(107)60(83)35-22-38-90-77(84)85)66(43-53(5)6)76(110)102(82(113)116-50-58-33-20-11-21-34-58)71-63(45-55-27-14-8-15-28-55)94-67(103)47-100(71)75(109)65(42-52(3)4)96-69(105)62(37-24-40-92-79(88)89)98-81(112)115-49-57-31-18-10-19-32-57/h7-21,25-34,51-53,59-66,71-72H,22-24,35-50,83H2,1-6H3,(H,93,106)(H,94,103)(H,95,104)(H,96,105)(H,97,111)(H,98,112)(H4,84,85,90)(H4,86,87,91)(H4,88,89,92)/t59-,60-,61-,62-,63-,64-,65-,66-,71?,72?/m0/s1. The summed E-state index contributed by atoms with van der Waals surface area (Å²) in [7, 11) is 0. The maximum absolute atomic E-state index is 17.5. The van der Waals surface area contributed by atoms with Gasteiger partial charge in [0.05, 0.1) is 18.1 Å². The molecule has 11 amide bonds. The second kappa shape index (κ2) is 46.1. The first-order valence-corrected chi connectivity index (χ1v) is 39.1. The molecule has 10 atom stereocenters. The minimum atomic E-state index is -2.19. The minimum Gasteiger partial charge on any atom is -0.445 e. The molecule has 0 radical (unpaired) electrons. The van der Waals surface area contributed by atoms with Crippen molar-refractivity contribution in [1.82, 2.24) is 67.5 Å².